The van der Waals surface area contributed by atoms with E-state index >= 15 is 0 Å². The van der Waals surface area contributed by atoms with E-state index in [0.717, 1.165) is 28.5 Å². The second-order valence-electron chi connectivity index (χ2n) is 5.35. The molecule has 112 valence electrons. The first-order chi connectivity index (χ1) is 10.5. The van der Waals surface area contributed by atoms with Crippen molar-refractivity contribution in [3.63, 3.8) is 0 Å². The smallest absolute Gasteiger partial charge is 0.337 e. The van der Waals surface area contributed by atoms with Gasteiger partial charge in [0.15, 0.2) is 0 Å². The van der Waals surface area contributed by atoms with Crippen molar-refractivity contribution in [1.82, 2.24) is 4.57 Å². The van der Waals surface area contributed by atoms with Crippen LogP contribution in [0.15, 0.2) is 46.9 Å². The molecule has 2 aromatic heterocycles. The molecule has 1 N–H and O–H groups in total. The first kappa shape index (κ1) is 14.2. The maximum atomic E-state index is 11.3. The lowest BCUT2D eigenvalue weighted by Gasteiger charge is -2.13. The van der Waals surface area contributed by atoms with Crippen molar-refractivity contribution in [2.24, 2.45) is 0 Å². The first-order valence-corrected chi connectivity index (χ1v) is 7.07. The quantitative estimate of drug-likeness (QED) is 0.781. The summed E-state index contributed by atoms with van der Waals surface area (Å²) in [4.78, 5) is 11.3. The number of hydrogen-bond donors (Lipinski definition) is 1. The highest BCUT2D eigenvalue weighted by Gasteiger charge is 2.18. The number of aromatic nitrogens is 1. The van der Waals surface area contributed by atoms with E-state index in [9.17, 15) is 9.90 Å². The Labute approximate surface area is 128 Å². The van der Waals surface area contributed by atoms with Crippen molar-refractivity contribution in [1.29, 1.82) is 0 Å². The number of hydrogen-bond acceptors (Lipinski definition) is 2. The number of carboxylic acids is 1. The summed E-state index contributed by atoms with van der Waals surface area (Å²) in [6.07, 6.45) is 0. The van der Waals surface area contributed by atoms with E-state index in [0.29, 0.717) is 11.3 Å². The molecule has 4 nitrogen and oxygen atoms in total. The van der Waals surface area contributed by atoms with E-state index < -0.39 is 5.97 Å². The number of benzene rings is 1. The molecule has 0 saturated carbocycles. The van der Waals surface area contributed by atoms with Gasteiger partial charge in [-0.15, -0.1) is 0 Å². The molecule has 2 heterocycles. The van der Waals surface area contributed by atoms with E-state index in [2.05, 4.69) is 0 Å². The van der Waals surface area contributed by atoms with Crippen LogP contribution in [-0.4, -0.2) is 15.6 Å². The molecule has 3 aromatic rings. The van der Waals surface area contributed by atoms with Crippen molar-refractivity contribution in [2.45, 2.75) is 20.8 Å². The lowest BCUT2D eigenvalue weighted by atomic mass is 10.1. The molecule has 4 heteroatoms. The van der Waals surface area contributed by atoms with Gasteiger partial charge in [0.2, 0.25) is 0 Å². The van der Waals surface area contributed by atoms with E-state index in [1.165, 1.54) is 0 Å². The minimum atomic E-state index is -0.911. The molecule has 1 aromatic carbocycles. The Balaban J connectivity index is 2.24. The van der Waals surface area contributed by atoms with Crippen LogP contribution in [0.4, 0.5) is 0 Å². The summed E-state index contributed by atoms with van der Waals surface area (Å²) in [7, 11) is 0. The number of furan rings is 1. The predicted molar refractivity (Wildman–Crippen MR) is 84.6 cm³/mol. The summed E-state index contributed by atoms with van der Waals surface area (Å²) in [5.74, 6) is 0.708. The number of aryl methyl sites for hydroxylation is 2. The lowest BCUT2D eigenvalue weighted by molar-refractivity contribution is 0.0696. The third kappa shape index (κ3) is 2.22. The molecular weight excluding hydrogens is 278 g/mol. The summed E-state index contributed by atoms with van der Waals surface area (Å²) in [6, 6.07) is 13.4. The number of rotatable bonds is 3. The van der Waals surface area contributed by atoms with Crippen LogP contribution in [0.1, 0.15) is 27.5 Å². The maximum Gasteiger partial charge on any atom is 0.337 e. The molecule has 0 unspecified atom stereocenters. The van der Waals surface area contributed by atoms with Crippen molar-refractivity contribution < 1.29 is 14.3 Å². The molecule has 3 rings (SSSR count). The fraction of sp³-hybridized carbons (Fsp3) is 0.167. The molecular formula is C18H17NO3. The second-order valence-corrected chi connectivity index (χ2v) is 5.35. The molecule has 0 fully saturated rings. The van der Waals surface area contributed by atoms with E-state index in [1.54, 1.807) is 6.07 Å². The van der Waals surface area contributed by atoms with Gasteiger partial charge in [0.05, 0.1) is 11.3 Å². The fourth-order valence-electron chi connectivity index (χ4n) is 2.81. The third-order valence-electron chi connectivity index (χ3n) is 3.81. The first-order valence-electron chi connectivity index (χ1n) is 7.07. The van der Waals surface area contributed by atoms with Crippen molar-refractivity contribution in [3.8, 4) is 17.0 Å². The summed E-state index contributed by atoms with van der Waals surface area (Å²) in [5, 5.41) is 9.31. The van der Waals surface area contributed by atoms with E-state index in [1.807, 2.05) is 61.7 Å². The number of para-hydroxylation sites is 1. The van der Waals surface area contributed by atoms with Crippen molar-refractivity contribution in [3.05, 3.63) is 65.2 Å². The number of nitrogens with zero attached hydrogens (tertiary/aromatic N) is 1. The van der Waals surface area contributed by atoms with E-state index in [-0.39, 0.29) is 0 Å². The topological polar surface area (TPSA) is 55.4 Å². The van der Waals surface area contributed by atoms with Crippen LogP contribution in [0.25, 0.3) is 17.0 Å². The van der Waals surface area contributed by atoms with Gasteiger partial charge in [-0.2, -0.15) is 0 Å². The Morgan fingerprint density at radius 1 is 1.09 bits per heavy atom. The van der Waals surface area contributed by atoms with Gasteiger partial charge in [0, 0.05) is 17.0 Å². The van der Waals surface area contributed by atoms with Crippen LogP contribution < -0.4 is 0 Å². The van der Waals surface area contributed by atoms with E-state index in [4.69, 9.17) is 4.42 Å². The van der Waals surface area contributed by atoms with Crippen LogP contribution in [-0.2, 0) is 0 Å². The molecule has 0 saturated heterocycles. The molecule has 0 spiro atoms. The van der Waals surface area contributed by atoms with Crippen LogP contribution in [0, 0.1) is 20.8 Å². The van der Waals surface area contributed by atoms with Gasteiger partial charge in [0.25, 0.3) is 0 Å². The minimum absolute atomic E-state index is 0.322. The average molecular weight is 295 g/mol. The van der Waals surface area contributed by atoms with Crippen LogP contribution in [0.5, 0.6) is 0 Å². The van der Waals surface area contributed by atoms with Gasteiger partial charge in [-0.1, -0.05) is 12.1 Å². The van der Waals surface area contributed by atoms with Crippen LogP contribution in [0.3, 0.4) is 0 Å². The Kier molecular flexibility index (Phi) is 3.37. The summed E-state index contributed by atoms with van der Waals surface area (Å²) >= 11 is 0. The molecule has 0 aliphatic rings. The largest absolute Gasteiger partial charge is 0.478 e. The van der Waals surface area contributed by atoms with Gasteiger partial charge in [-0.25, -0.2) is 4.79 Å². The summed E-state index contributed by atoms with van der Waals surface area (Å²) in [6.45, 7) is 5.63. The third-order valence-corrected chi connectivity index (χ3v) is 3.81. The van der Waals surface area contributed by atoms with Gasteiger partial charge in [0.1, 0.15) is 11.5 Å². The zero-order valence-electron chi connectivity index (χ0n) is 12.8. The number of carboxylic acid groups (broad SMARTS) is 1. The standard InChI is InChI=1S/C18H17NO3/c1-11-10-15(18(20)21)13(3)19(11)16-7-5-4-6-14(16)17-9-8-12(2)22-17/h4-10H,1-3H3,(H,20,21). The van der Waals surface area contributed by atoms with Crippen molar-refractivity contribution >= 4 is 5.97 Å². The van der Waals surface area contributed by atoms with Crippen LogP contribution in [0.2, 0.25) is 0 Å². The predicted octanol–water partition coefficient (Wildman–Crippen LogP) is 4.36. The zero-order chi connectivity index (χ0) is 15.9. The number of aromatic carboxylic acids is 1. The minimum Gasteiger partial charge on any atom is -0.478 e. The molecule has 0 bridgehead atoms. The molecule has 0 aliphatic carbocycles. The zero-order valence-corrected chi connectivity index (χ0v) is 12.8. The van der Waals surface area contributed by atoms with Gasteiger partial charge < -0.3 is 14.1 Å². The van der Waals surface area contributed by atoms with Crippen LogP contribution >= 0.6 is 0 Å². The molecule has 0 radical (unpaired) electrons. The fourth-order valence-corrected chi connectivity index (χ4v) is 2.81. The Morgan fingerprint density at radius 2 is 1.82 bits per heavy atom. The summed E-state index contributed by atoms with van der Waals surface area (Å²) in [5.41, 5.74) is 3.77. The average Bonchev–Trinajstić information content (AvgIpc) is 3.03. The Bertz CT molecular complexity index is 855. The monoisotopic (exact) mass is 295 g/mol. The van der Waals surface area contributed by atoms with Gasteiger partial charge in [-0.3, -0.25) is 0 Å². The SMILES string of the molecule is Cc1ccc(-c2ccccc2-n2c(C)cc(C(=O)O)c2C)o1. The number of carbonyl (C=O) groups is 1. The molecule has 0 atom stereocenters. The summed E-state index contributed by atoms with van der Waals surface area (Å²) < 4.78 is 7.69. The highest BCUT2D eigenvalue weighted by Crippen LogP contribution is 2.31. The molecule has 22 heavy (non-hydrogen) atoms. The van der Waals surface area contributed by atoms with Gasteiger partial charge >= 0.3 is 5.97 Å². The Hall–Kier alpha value is -2.75. The second kappa shape index (κ2) is 5.22. The van der Waals surface area contributed by atoms with Crippen molar-refractivity contribution in [2.75, 3.05) is 0 Å². The molecule has 0 amide bonds. The lowest BCUT2D eigenvalue weighted by Crippen LogP contribution is -2.03. The van der Waals surface area contributed by atoms with Gasteiger partial charge in [-0.05, 0) is 51.1 Å². The molecule has 0 aliphatic heterocycles. The normalized spacial score (nSPS) is 10.9. The Morgan fingerprint density at radius 3 is 2.41 bits per heavy atom. The highest BCUT2D eigenvalue weighted by molar-refractivity contribution is 5.90. The maximum absolute atomic E-state index is 11.3. The highest BCUT2D eigenvalue weighted by atomic mass is 16.4.